The zero-order chi connectivity index (χ0) is 15.1. The molecule has 5 nitrogen and oxygen atoms in total. The Labute approximate surface area is 124 Å². The number of aromatic nitrogens is 3. The summed E-state index contributed by atoms with van der Waals surface area (Å²) >= 11 is 0. The van der Waals surface area contributed by atoms with Gasteiger partial charge in [-0.25, -0.2) is 9.50 Å². The number of fused-ring (bicyclic) bond motifs is 3. The van der Waals surface area contributed by atoms with Crippen molar-refractivity contribution >= 4 is 17.4 Å². The minimum absolute atomic E-state index is 0.0223. The van der Waals surface area contributed by atoms with E-state index in [2.05, 4.69) is 35.3 Å². The van der Waals surface area contributed by atoms with Crippen LogP contribution in [0.4, 0.5) is 5.82 Å². The Balaban J connectivity index is 2.27. The molecule has 0 saturated heterocycles. The molecular formula is C16H20N4O. The molecule has 5 heteroatoms. The third-order valence-corrected chi connectivity index (χ3v) is 4.00. The quantitative estimate of drug-likeness (QED) is 0.862. The van der Waals surface area contributed by atoms with Gasteiger partial charge < -0.3 is 5.32 Å². The number of hydrogen-bond donors (Lipinski definition) is 1. The monoisotopic (exact) mass is 284 g/mol. The number of hydrogen-bond acceptors (Lipinski definition) is 3. The largest absolute Gasteiger partial charge is 0.309 e. The number of aryl methyl sites for hydroxylation is 2. The Morgan fingerprint density at radius 2 is 2.29 bits per heavy atom. The average Bonchev–Trinajstić information content (AvgIpc) is 2.76. The summed E-state index contributed by atoms with van der Waals surface area (Å²) in [5, 5.41) is 7.42. The van der Waals surface area contributed by atoms with Crippen molar-refractivity contribution in [3.8, 4) is 0 Å². The second-order valence-electron chi connectivity index (χ2n) is 5.70. The van der Waals surface area contributed by atoms with Crippen molar-refractivity contribution in [2.75, 3.05) is 5.32 Å². The van der Waals surface area contributed by atoms with E-state index in [-0.39, 0.29) is 11.8 Å². The molecule has 0 bridgehead atoms. The van der Waals surface area contributed by atoms with Gasteiger partial charge in [-0.2, -0.15) is 0 Å². The van der Waals surface area contributed by atoms with E-state index in [9.17, 15) is 4.79 Å². The van der Waals surface area contributed by atoms with Crippen molar-refractivity contribution in [1.82, 2.24) is 14.6 Å². The Morgan fingerprint density at radius 1 is 1.52 bits per heavy atom. The lowest BCUT2D eigenvalue weighted by molar-refractivity contribution is -0.116. The SMILES string of the molecule is CCC=C(C)C1CC(=O)Nc2nn3c(C)cc(C)nc3c21. The van der Waals surface area contributed by atoms with Gasteiger partial charge in [-0.1, -0.05) is 18.6 Å². The summed E-state index contributed by atoms with van der Waals surface area (Å²) in [5.74, 6) is 0.746. The number of rotatable bonds is 2. The zero-order valence-corrected chi connectivity index (χ0v) is 12.9. The van der Waals surface area contributed by atoms with Crippen molar-refractivity contribution in [2.45, 2.75) is 46.5 Å². The fraction of sp³-hybridized carbons (Fsp3) is 0.438. The van der Waals surface area contributed by atoms with Crippen molar-refractivity contribution in [1.29, 1.82) is 0 Å². The van der Waals surface area contributed by atoms with Gasteiger partial charge in [0.1, 0.15) is 0 Å². The van der Waals surface area contributed by atoms with E-state index in [1.165, 1.54) is 5.57 Å². The van der Waals surface area contributed by atoms with Crippen molar-refractivity contribution in [3.05, 3.63) is 34.7 Å². The average molecular weight is 284 g/mol. The molecule has 3 heterocycles. The molecule has 2 aromatic rings. The van der Waals surface area contributed by atoms with Crippen LogP contribution in [0.3, 0.4) is 0 Å². The molecule has 0 spiro atoms. The molecule has 1 aliphatic rings. The van der Waals surface area contributed by atoms with Crippen molar-refractivity contribution in [3.63, 3.8) is 0 Å². The summed E-state index contributed by atoms with van der Waals surface area (Å²) in [6, 6.07) is 2.00. The van der Waals surface area contributed by atoms with E-state index in [1.54, 1.807) is 0 Å². The highest BCUT2D eigenvalue weighted by atomic mass is 16.1. The first-order chi connectivity index (χ1) is 10.0. The first-order valence-corrected chi connectivity index (χ1v) is 7.34. The molecule has 0 saturated carbocycles. The zero-order valence-electron chi connectivity index (χ0n) is 12.9. The summed E-state index contributed by atoms with van der Waals surface area (Å²) in [6.07, 6.45) is 3.61. The highest BCUT2D eigenvalue weighted by Gasteiger charge is 2.32. The summed E-state index contributed by atoms with van der Waals surface area (Å²) in [5.41, 5.74) is 5.11. The molecule has 110 valence electrons. The highest BCUT2D eigenvalue weighted by Crippen LogP contribution is 2.39. The second kappa shape index (κ2) is 4.98. The van der Waals surface area contributed by atoms with Gasteiger partial charge in [0.2, 0.25) is 5.91 Å². The smallest absolute Gasteiger partial charge is 0.226 e. The molecule has 0 radical (unpaired) electrons. The molecule has 0 fully saturated rings. The van der Waals surface area contributed by atoms with E-state index >= 15 is 0 Å². The summed E-state index contributed by atoms with van der Waals surface area (Å²) in [4.78, 5) is 16.6. The predicted molar refractivity (Wildman–Crippen MR) is 82.5 cm³/mol. The van der Waals surface area contributed by atoms with Crippen LogP contribution in [0.1, 0.15) is 49.6 Å². The van der Waals surface area contributed by atoms with Crippen molar-refractivity contribution in [2.24, 2.45) is 0 Å². The van der Waals surface area contributed by atoms with Crippen LogP contribution in [0.5, 0.6) is 0 Å². The standard InChI is InChI=1S/C16H20N4O/c1-5-6-9(2)12-8-13(21)18-15-14(12)16-17-10(3)7-11(4)20(16)19-15/h6-7,12H,5,8H2,1-4H3,(H,18,19,21). The van der Waals surface area contributed by atoms with Gasteiger partial charge in [0.15, 0.2) is 11.5 Å². The summed E-state index contributed by atoms with van der Waals surface area (Å²) < 4.78 is 1.83. The van der Waals surface area contributed by atoms with E-state index in [0.29, 0.717) is 12.2 Å². The van der Waals surface area contributed by atoms with Gasteiger partial charge in [-0.3, -0.25) is 4.79 Å². The van der Waals surface area contributed by atoms with Gasteiger partial charge in [0.25, 0.3) is 0 Å². The molecule has 21 heavy (non-hydrogen) atoms. The Hall–Kier alpha value is -2.17. The molecule has 1 N–H and O–H groups in total. The molecule has 1 amide bonds. The molecule has 0 aromatic carbocycles. The van der Waals surface area contributed by atoms with E-state index < -0.39 is 0 Å². The lowest BCUT2D eigenvalue weighted by Gasteiger charge is -2.22. The van der Waals surface area contributed by atoms with Crippen LogP contribution < -0.4 is 5.32 Å². The van der Waals surface area contributed by atoms with Gasteiger partial charge >= 0.3 is 0 Å². The molecule has 2 aromatic heterocycles. The number of amides is 1. The summed E-state index contributed by atoms with van der Waals surface area (Å²) in [7, 11) is 0. The molecule has 1 unspecified atom stereocenters. The van der Waals surface area contributed by atoms with E-state index in [4.69, 9.17) is 0 Å². The van der Waals surface area contributed by atoms with E-state index in [1.807, 2.05) is 24.4 Å². The van der Waals surface area contributed by atoms with Crippen LogP contribution in [0.25, 0.3) is 5.65 Å². The van der Waals surface area contributed by atoms with Gasteiger partial charge in [0.05, 0.1) is 0 Å². The van der Waals surface area contributed by atoms with E-state index in [0.717, 1.165) is 29.0 Å². The molecule has 0 aliphatic carbocycles. The lowest BCUT2D eigenvalue weighted by Crippen LogP contribution is -2.23. The van der Waals surface area contributed by atoms with Gasteiger partial charge in [-0.05, 0) is 33.3 Å². The Morgan fingerprint density at radius 3 is 3.00 bits per heavy atom. The third kappa shape index (κ3) is 2.22. The van der Waals surface area contributed by atoms with Crippen LogP contribution in [-0.4, -0.2) is 20.5 Å². The first kappa shape index (κ1) is 13.8. The molecule has 3 rings (SSSR count). The predicted octanol–water partition coefficient (Wildman–Crippen LogP) is 3.13. The van der Waals surface area contributed by atoms with Crippen LogP contribution in [0.15, 0.2) is 17.7 Å². The topological polar surface area (TPSA) is 59.3 Å². The maximum absolute atomic E-state index is 12.0. The number of carbonyl (C=O) groups is 1. The summed E-state index contributed by atoms with van der Waals surface area (Å²) in [6.45, 7) is 8.18. The first-order valence-electron chi connectivity index (χ1n) is 7.34. The maximum Gasteiger partial charge on any atom is 0.226 e. The fourth-order valence-electron chi connectivity index (χ4n) is 3.07. The number of anilines is 1. The Bertz CT molecular complexity index is 757. The Kier molecular flexibility index (Phi) is 3.27. The second-order valence-corrected chi connectivity index (χ2v) is 5.70. The number of carbonyl (C=O) groups excluding carboxylic acids is 1. The van der Waals surface area contributed by atoms with Crippen LogP contribution in [0, 0.1) is 13.8 Å². The number of nitrogens with one attached hydrogen (secondary N) is 1. The molecule has 1 atom stereocenters. The third-order valence-electron chi connectivity index (χ3n) is 4.00. The molecular weight excluding hydrogens is 264 g/mol. The van der Waals surface area contributed by atoms with Crippen LogP contribution >= 0.6 is 0 Å². The lowest BCUT2D eigenvalue weighted by atomic mass is 9.87. The highest BCUT2D eigenvalue weighted by molar-refractivity contribution is 5.95. The minimum Gasteiger partial charge on any atom is -0.309 e. The minimum atomic E-state index is 0.0223. The fourth-order valence-corrected chi connectivity index (χ4v) is 3.07. The van der Waals surface area contributed by atoms with Crippen molar-refractivity contribution < 1.29 is 4.79 Å². The van der Waals surface area contributed by atoms with Crippen LogP contribution in [-0.2, 0) is 4.79 Å². The number of nitrogens with zero attached hydrogens (tertiary/aromatic N) is 3. The maximum atomic E-state index is 12.0. The number of allylic oxidation sites excluding steroid dienone is 2. The molecule has 1 aliphatic heterocycles. The van der Waals surface area contributed by atoms with Gasteiger partial charge in [-0.15, -0.1) is 5.10 Å². The normalized spacial score (nSPS) is 18.8. The van der Waals surface area contributed by atoms with Gasteiger partial charge in [0, 0.05) is 29.3 Å². The van der Waals surface area contributed by atoms with Crippen LogP contribution in [0.2, 0.25) is 0 Å².